The zero-order valence-corrected chi connectivity index (χ0v) is 15.1. The van der Waals surface area contributed by atoms with Crippen LogP contribution in [0, 0.1) is 0 Å². The van der Waals surface area contributed by atoms with Gasteiger partial charge in [0.1, 0.15) is 6.61 Å². The van der Waals surface area contributed by atoms with Crippen LogP contribution in [0.1, 0.15) is 25.0 Å². The van der Waals surface area contributed by atoms with Gasteiger partial charge in [-0.05, 0) is 31.1 Å². The number of hydrogen-bond acceptors (Lipinski definition) is 3. The van der Waals surface area contributed by atoms with Gasteiger partial charge in [0.05, 0.1) is 6.61 Å². The molecule has 0 amide bonds. The summed E-state index contributed by atoms with van der Waals surface area (Å²) in [6.07, 6.45) is 5.27. The van der Waals surface area contributed by atoms with Gasteiger partial charge < -0.3 is 9.47 Å². The quantitative estimate of drug-likeness (QED) is 0.213. The molecule has 1 atom stereocenters. The third-order valence-corrected chi connectivity index (χ3v) is 3.19. The number of benzene rings is 1. The highest BCUT2D eigenvalue weighted by molar-refractivity contribution is 9.09. The first-order valence-corrected chi connectivity index (χ1v) is 8.49. The van der Waals surface area contributed by atoms with Crippen molar-refractivity contribution in [2.75, 3.05) is 13.2 Å². The number of carbonyl (C=O) groups is 1. The first-order valence-electron chi connectivity index (χ1n) is 7.04. The van der Waals surface area contributed by atoms with E-state index in [1.807, 2.05) is 37.3 Å². The molecule has 0 fully saturated rings. The van der Waals surface area contributed by atoms with E-state index in [2.05, 4.69) is 15.9 Å². The van der Waals surface area contributed by atoms with E-state index in [9.17, 15) is 4.79 Å². The lowest BCUT2D eigenvalue weighted by molar-refractivity contribution is -0.142. The minimum absolute atomic E-state index is 0.150. The van der Waals surface area contributed by atoms with Crippen molar-refractivity contribution in [2.24, 2.45) is 0 Å². The third-order valence-electron chi connectivity index (χ3n) is 2.62. The lowest BCUT2D eigenvalue weighted by atomic mass is 10.1. The van der Waals surface area contributed by atoms with E-state index in [4.69, 9.17) is 21.1 Å². The standard InChI is InChI=1S/C17H20BrClO3/c1-3-21-17(20)16(22-12-13(2)18)6-4-5-14-7-9-15(11-19)10-8-14/h4-10,13H,3,11-12H2,1-2H3. The van der Waals surface area contributed by atoms with E-state index < -0.39 is 5.97 Å². The minimum Gasteiger partial charge on any atom is -0.485 e. The van der Waals surface area contributed by atoms with E-state index in [1.165, 1.54) is 0 Å². The summed E-state index contributed by atoms with van der Waals surface area (Å²) in [6.45, 7) is 4.41. The van der Waals surface area contributed by atoms with Gasteiger partial charge in [0.2, 0.25) is 5.76 Å². The molecule has 0 heterocycles. The predicted octanol–water partition coefficient (Wildman–Crippen LogP) is 4.69. The first kappa shape index (κ1) is 18.8. The lowest BCUT2D eigenvalue weighted by Gasteiger charge is -2.10. The van der Waals surface area contributed by atoms with Crippen molar-refractivity contribution < 1.29 is 14.3 Å². The SMILES string of the molecule is CCOC(=O)C(=CC=Cc1ccc(CCl)cc1)OCC(C)Br. The van der Waals surface area contributed by atoms with Gasteiger partial charge in [0.25, 0.3) is 0 Å². The zero-order valence-electron chi connectivity index (χ0n) is 12.7. The topological polar surface area (TPSA) is 35.5 Å². The van der Waals surface area contributed by atoms with Gasteiger partial charge in [0, 0.05) is 10.7 Å². The van der Waals surface area contributed by atoms with Crippen LogP contribution in [-0.4, -0.2) is 24.0 Å². The molecule has 0 saturated heterocycles. The summed E-state index contributed by atoms with van der Waals surface area (Å²) in [5, 5.41) is 0. The molecule has 120 valence electrons. The van der Waals surface area contributed by atoms with Gasteiger partial charge >= 0.3 is 5.97 Å². The van der Waals surface area contributed by atoms with E-state index in [-0.39, 0.29) is 10.6 Å². The Morgan fingerprint density at radius 3 is 2.55 bits per heavy atom. The lowest BCUT2D eigenvalue weighted by Crippen LogP contribution is -2.13. The number of halogens is 2. The van der Waals surface area contributed by atoms with Crippen LogP contribution >= 0.6 is 27.5 Å². The number of allylic oxidation sites excluding steroid dienone is 2. The molecule has 0 saturated carbocycles. The average molecular weight is 388 g/mol. The van der Waals surface area contributed by atoms with Crippen molar-refractivity contribution in [3.63, 3.8) is 0 Å². The number of esters is 1. The summed E-state index contributed by atoms with van der Waals surface area (Å²) in [7, 11) is 0. The molecule has 0 radical (unpaired) electrons. The number of carbonyl (C=O) groups excluding carboxylic acids is 1. The van der Waals surface area contributed by atoms with Crippen LogP contribution in [0.25, 0.3) is 6.08 Å². The maximum absolute atomic E-state index is 11.8. The molecular weight excluding hydrogens is 368 g/mol. The Balaban J connectivity index is 2.76. The number of rotatable bonds is 8. The molecule has 0 spiro atoms. The summed E-state index contributed by atoms with van der Waals surface area (Å²) in [6, 6.07) is 7.86. The first-order chi connectivity index (χ1) is 10.6. The maximum atomic E-state index is 11.8. The maximum Gasteiger partial charge on any atom is 0.373 e. The normalized spacial score (nSPS) is 13.2. The summed E-state index contributed by atoms with van der Waals surface area (Å²) < 4.78 is 10.4. The molecule has 0 bridgehead atoms. The van der Waals surface area contributed by atoms with Gasteiger partial charge in [-0.25, -0.2) is 4.79 Å². The van der Waals surface area contributed by atoms with Gasteiger partial charge in [0.15, 0.2) is 0 Å². The second kappa shape index (κ2) is 10.5. The van der Waals surface area contributed by atoms with E-state index in [0.29, 0.717) is 19.1 Å². The van der Waals surface area contributed by atoms with Crippen LogP contribution < -0.4 is 0 Å². The molecular formula is C17H20BrClO3. The van der Waals surface area contributed by atoms with Crippen molar-refractivity contribution >= 4 is 39.6 Å². The van der Waals surface area contributed by atoms with Gasteiger partial charge in [-0.1, -0.05) is 52.3 Å². The second-order valence-electron chi connectivity index (χ2n) is 4.58. The predicted molar refractivity (Wildman–Crippen MR) is 94.1 cm³/mol. The third kappa shape index (κ3) is 7.14. The fourth-order valence-corrected chi connectivity index (χ4v) is 1.86. The molecule has 1 rings (SSSR count). The largest absolute Gasteiger partial charge is 0.485 e. The summed E-state index contributed by atoms with van der Waals surface area (Å²) in [4.78, 5) is 12.0. The van der Waals surface area contributed by atoms with Crippen LogP contribution in [0.5, 0.6) is 0 Å². The van der Waals surface area contributed by atoms with Crippen LogP contribution in [0.3, 0.4) is 0 Å². The smallest absolute Gasteiger partial charge is 0.373 e. The molecule has 5 heteroatoms. The van der Waals surface area contributed by atoms with Gasteiger partial charge in [-0.2, -0.15) is 0 Å². The van der Waals surface area contributed by atoms with Crippen LogP contribution in [0.2, 0.25) is 0 Å². The summed E-state index contributed by atoms with van der Waals surface area (Å²) >= 11 is 9.13. The fourth-order valence-electron chi connectivity index (χ4n) is 1.55. The van der Waals surface area contributed by atoms with Gasteiger partial charge in [-0.15, -0.1) is 11.6 Å². The Kier molecular flexibility index (Phi) is 8.94. The highest BCUT2D eigenvalue weighted by atomic mass is 79.9. The average Bonchev–Trinajstić information content (AvgIpc) is 2.51. The number of hydrogen-bond donors (Lipinski definition) is 0. The Hall–Kier alpha value is -1.26. The Labute approximate surface area is 145 Å². The Bertz CT molecular complexity index is 521. The molecule has 0 aliphatic carbocycles. The van der Waals surface area contributed by atoms with Crippen molar-refractivity contribution in [3.8, 4) is 0 Å². The van der Waals surface area contributed by atoms with E-state index in [1.54, 1.807) is 19.1 Å². The highest BCUT2D eigenvalue weighted by Crippen LogP contribution is 2.10. The molecule has 1 unspecified atom stereocenters. The fraction of sp³-hybridized carbons (Fsp3) is 0.353. The molecule has 3 nitrogen and oxygen atoms in total. The Morgan fingerprint density at radius 1 is 1.32 bits per heavy atom. The van der Waals surface area contributed by atoms with E-state index in [0.717, 1.165) is 11.1 Å². The zero-order chi connectivity index (χ0) is 16.4. The van der Waals surface area contributed by atoms with Crippen LogP contribution in [0.15, 0.2) is 42.2 Å². The summed E-state index contributed by atoms with van der Waals surface area (Å²) in [5.74, 6) is 0.231. The molecule has 22 heavy (non-hydrogen) atoms. The second-order valence-corrected chi connectivity index (χ2v) is 6.41. The van der Waals surface area contributed by atoms with Crippen molar-refractivity contribution in [1.29, 1.82) is 0 Å². The Morgan fingerprint density at radius 2 is 2.00 bits per heavy atom. The molecule has 0 aliphatic heterocycles. The van der Waals surface area contributed by atoms with Crippen molar-refractivity contribution in [3.05, 3.63) is 53.3 Å². The summed E-state index contributed by atoms with van der Waals surface area (Å²) in [5.41, 5.74) is 2.08. The molecule has 0 aromatic heterocycles. The van der Waals surface area contributed by atoms with Crippen LogP contribution in [0.4, 0.5) is 0 Å². The van der Waals surface area contributed by atoms with Crippen molar-refractivity contribution in [1.82, 2.24) is 0 Å². The monoisotopic (exact) mass is 386 g/mol. The van der Waals surface area contributed by atoms with E-state index >= 15 is 0 Å². The highest BCUT2D eigenvalue weighted by Gasteiger charge is 2.12. The van der Waals surface area contributed by atoms with Crippen LogP contribution in [-0.2, 0) is 20.1 Å². The number of ether oxygens (including phenoxy) is 2. The molecule has 1 aromatic carbocycles. The minimum atomic E-state index is -0.460. The van der Waals surface area contributed by atoms with Crippen molar-refractivity contribution in [2.45, 2.75) is 24.6 Å². The van der Waals surface area contributed by atoms with Gasteiger partial charge in [-0.3, -0.25) is 0 Å². The molecule has 1 aromatic rings. The molecule has 0 N–H and O–H groups in total. The number of alkyl halides is 2. The molecule has 0 aliphatic rings.